The smallest absolute Gasteiger partial charge is 0.198 e. The van der Waals surface area contributed by atoms with Crippen LogP contribution in [-0.2, 0) is 0 Å². The highest BCUT2D eigenvalue weighted by molar-refractivity contribution is 5.91. The van der Waals surface area contributed by atoms with E-state index >= 15 is 0 Å². The quantitative estimate of drug-likeness (QED) is 0.782. The van der Waals surface area contributed by atoms with Gasteiger partial charge in [0.2, 0.25) is 0 Å². The summed E-state index contributed by atoms with van der Waals surface area (Å²) in [6, 6.07) is 0. The van der Waals surface area contributed by atoms with Crippen molar-refractivity contribution in [1.29, 1.82) is 0 Å². The summed E-state index contributed by atoms with van der Waals surface area (Å²) >= 11 is 0. The number of allylic oxidation sites excluding steroid dienone is 4. The fourth-order valence-electron chi connectivity index (χ4n) is 2.39. The Labute approximate surface area is 116 Å². The third-order valence-corrected chi connectivity index (χ3v) is 3.23. The van der Waals surface area contributed by atoms with Gasteiger partial charge in [0.25, 0.3) is 0 Å². The van der Waals surface area contributed by atoms with E-state index in [4.69, 9.17) is 0 Å². The van der Waals surface area contributed by atoms with Gasteiger partial charge in [0.05, 0.1) is 11.4 Å². The normalized spacial score (nSPS) is 13.7. The second kappa shape index (κ2) is 5.23. The molecule has 1 aromatic carbocycles. The maximum atomic E-state index is 14.1. The van der Waals surface area contributed by atoms with E-state index in [2.05, 4.69) is 0 Å². The van der Waals surface area contributed by atoms with Crippen LogP contribution in [0.5, 0.6) is 0 Å². The van der Waals surface area contributed by atoms with Crippen molar-refractivity contribution in [1.82, 2.24) is 0 Å². The maximum Gasteiger partial charge on any atom is 0.198 e. The predicted octanol–water partition coefficient (Wildman–Crippen LogP) is 3.58. The summed E-state index contributed by atoms with van der Waals surface area (Å²) in [5, 5.41) is 0. The minimum absolute atomic E-state index is 0.0606. The van der Waals surface area contributed by atoms with Gasteiger partial charge in [-0.15, -0.1) is 0 Å². The molecule has 0 aliphatic heterocycles. The molecule has 108 valence electrons. The van der Waals surface area contributed by atoms with Crippen LogP contribution in [0.2, 0.25) is 0 Å². The molecule has 0 amide bonds. The molecule has 0 bridgehead atoms. The van der Waals surface area contributed by atoms with E-state index in [0.717, 1.165) is 0 Å². The van der Waals surface area contributed by atoms with Crippen LogP contribution >= 0.6 is 0 Å². The molecule has 1 aliphatic carbocycles. The highest BCUT2D eigenvalue weighted by Crippen LogP contribution is 2.42. The largest absolute Gasteiger partial charge is 0.375 e. The van der Waals surface area contributed by atoms with Gasteiger partial charge in [-0.3, -0.25) is 0 Å². The van der Waals surface area contributed by atoms with Crippen LogP contribution in [0.3, 0.4) is 0 Å². The van der Waals surface area contributed by atoms with Crippen LogP contribution in [0, 0.1) is 17.5 Å². The molecular formula is C15H17F3N2. The zero-order chi connectivity index (χ0) is 15.0. The van der Waals surface area contributed by atoms with Gasteiger partial charge in [-0.25, -0.2) is 13.2 Å². The van der Waals surface area contributed by atoms with E-state index in [1.54, 1.807) is 34.3 Å². The third kappa shape index (κ3) is 2.17. The minimum atomic E-state index is -1.44. The summed E-state index contributed by atoms with van der Waals surface area (Å²) in [5.74, 6) is -3.76. The second-order valence-electron chi connectivity index (χ2n) is 5.10. The Morgan fingerprint density at radius 1 is 0.850 bits per heavy atom. The standard InChI is InChI=1S/C15H17F3N2/c1-19(2)14-10(9-7-5-6-8-9)15(20(3)4)13(18)11(16)12(14)17/h5,7-8H,6H2,1-4H3. The van der Waals surface area contributed by atoms with Crippen molar-refractivity contribution in [3.8, 4) is 0 Å². The molecule has 0 aromatic heterocycles. The summed E-state index contributed by atoms with van der Waals surface area (Å²) in [5.41, 5.74) is 1.20. The number of halogens is 3. The lowest BCUT2D eigenvalue weighted by Gasteiger charge is -2.26. The first-order valence-corrected chi connectivity index (χ1v) is 6.28. The molecule has 0 fully saturated rings. The van der Waals surface area contributed by atoms with Gasteiger partial charge >= 0.3 is 0 Å². The Morgan fingerprint density at radius 3 is 1.70 bits per heavy atom. The Hall–Kier alpha value is -1.91. The Bertz CT molecular complexity index is 567. The number of anilines is 2. The number of hydrogen-bond acceptors (Lipinski definition) is 2. The minimum Gasteiger partial charge on any atom is -0.375 e. The average Bonchev–Trinajstić information content (AvgIpc) is 2.87. The van der Waals surface area contributed by atoms with Crippen molar-refractivity contribution >= 4 is 16.9 Å². The zero-order valence-electron chi connectivity index (χ0n) is 12.0. The number of benzene rings is 1. The van der Waals surface area contributed by atoms with Gasteiger partial charge in [-0.2, -0.15) is 0 Å². The molecule has 0 spiro atoms. The monoisotopic (exact) mass is 282 g/mol. The first-order valence-electron chi connectivity index (χ1n) is 6.28. The number of hydrogen-bond donors (Lipinski definition) is 0. The van der Waals surface area contributed by atoms with Gasteiger partial charge in [-0.1, -0.05) is 18.2 Å². The first-order chi connectivity index (χ1) is 9.36. The Balaban J connectivity index is 2.89. The summed E-state index contributed by atoms with van der Waals surface area (Å²) in [4.78, 5) is 2.93. The Morgan fingerprint density at radius 2 is 1.35 bits per heavy atom. The van der Waals surface area contributed by atoms with Crippen LogP contribution in [0.1, 0.15) is 12.0 Å². The lowest BCUT2D eigenvalue weighted by atomic mass is 9.99. The van der Waals surface area contributed by atoms with Crippen LogP contribution in [0.4, 0.5) is 24.5 Å². The van der Waals surface area contributed by atoms with Crippen molar-refractivity contribution in [2.45, 2.75) is 6.42 Å². The third-order valence-electron chi connectivity index (χ3n) is 3.23. The molecule has 0 atom stereocenters. The molecule has 0 saturated heterocycles. The lowest BCUT2D eigenvalue weighted by Crippen LogP contribution is -2.21. The van der Waals surface area contributed by atoms with Crippen LogP contribution in [0.25, 0.3) is 5.57 Å². The van der Waals surface area contributed by atoms with E-state index in [0.29, 0.717) is 17.6 Å². The second-order valence-corrected chi connectivity index (χ2v) is 5.10. The molecule has 0 N–H and O–H groups in total. The predicted molar refractivity (Wildman–Crippen MR) is 76.7 cm³/mol. The summed E-state index contributed by atoms with van der Waals surface area (Å²) in [6.45, 7) is 0. The van der Waals surface area contributed by atoms with Gasteiger partial charge in [-0.05, 0) is 12.0 Å². The Kier molecular flexibility index (Phi) is 3.79. The molecule has 0 saturated carbocycles. The van der Waals surface area contributed by atoms with E-state index < -0.39 is 17.5 Å². The summed E-state index contributed by atoms with van der Waals surface area (Å²) in [6.07, 6.45) is 6.27. The summed E-state index contributed by atoms with van der Waals surface area (Å²) < 4.78 is 42.1. The van der Waals surface area contributed by atoms with Crippen LogP contribution in [0.15, 0.2) is 18.2 Å². The molecule has 0 heterocycles. The highest BCUT2D eigenvalue weighted by Gasteiger charge is 2.28. The molecule has 5 heteroatoms. The molecule has 20 heavy (non-hydrogen) atoms. The van der Waals surface area contributed by atoms with E-state index in [9.17, 15) is 13.2 Å². The van der Waals surface area contributed by atoms with Gasteiger partial charge in [0.15, 0.2) is 17.5 Å². The van der Waals surface area contributed by atoms with Crippen molar-refractivity contribution in [2.75, 3.05) is 38.0 Å². The molecule has 2 rings (SSSR count). The topological polar surface area (TPSA) is 6.48 Å². The molecule has 1 aromatic rings. The fraction of sp³-hybridized carbons (Fsp3) is 0.333. The van der Waals surface area contributed by atoms with Gasteiger partial charge in [0, 0.05) is 33.8 Å². The molecule has 0 unspecified atom stereocenters. The lowest BCUT2D eigenvalue weighted by molar-refractivity contribution is 0.447. The number of nitrogens with zero attached hydrogens (tertiary/aromatic N) is 2. The van der Waals surface area contributed by atoms with Crippen LogP contribution in [-0.4, -0.2) is 28.2 Å². The maximum absolute atomic E-state index is 14.1. The highest BCUT2D eigenvalue weighted by atomic mass is 19.2. The molecule has 1 aliphatic rings. The van der Waals surface area contributed by atoms with E-state index in [1.807, 2.05) is 12.2 Å². The van der Waals surface area contributed by atoms with Crippen molar-refractivity contribution < 1.29 is 13.2 Å². The van der Waals surface area contributed by atoms with Crippen LogP contribution < -0.4 is 9.80 Å². The van der Waals surface area contributed by atoms with Crippen molar-refractivity contribution in [3.63, 3.8) is 0 Å². The molecule has 2 nitrogen and oxygen atoms in total. The first kappa shape index (κ1) is 14.5. The zero-order valence-corrected chi connectivity index (χ0v) is 12.0. The average molecular weight is 282 g/mol. The van der Waals surface area contributed by atoms with Crippen molar-refractivity contribution in [2.24, 2.45) is 0 Å². The van der Waals surface area contributed by atoms with Gasteiger partial charge < -0.3 is 9.80 Å². The molecule has 0 radical (unpaired) electrons. The van der Waals surface area contributed by atoms with Crippen molar-refractivity contribution in [3.05, 3.63) is 41.2 Å². The summed E-state index contributed by atoms with van der Waals surface area (Å²) in [7, 11) is 6.44. The fourth-order valence-corrected chi connectivity index (χ4v) is 2.39. The molecular weight excluding hydrogens is 265 g/mol. The SMILES string of the molecule is CN(C)c1c(F)c(F)c(F)c(N(C)C)c1C1=CCC=C1. The van der Waals surface area contributed by atoms with E-state index in [1.165, 1.54) is 9.80 Å². The van der Waals surface area contributed by atoms with Gasteiger partial charge in [0.1, 0.15) is 0 Å². The van der Waals surface area contributed by atoms with E-state index in [-0.39, 0.29) is 11.4 Å². The number of rotatable bonds is 3.